The van der Waals surface area contributed by atoms with Crippen LogP contribution in [-0.4, -0.2) is 47.6 Å². The quantitative estimate of drug-likeness (QED) is 0.854. The minimum absolute atomic E-state index is 0. The highest BCUT2D eigenvalue weighted by Crippen LogP contribution is 2.31. The first-order chi connectivity index (χ1) is 10.1. The molecule has 3 heterocycles. The monoisotopic (exact) mass is 381 g/mol. The molecule has 2 fully saturated rings. The summed E-state index contributed by atoms with van der Waals surface area (Å²) in [5, 5.41) is 3.24. The molecule has 0 spiro atoms. The Morgan fingerprint density at radius 1 is 1.43 bits per heavy atom. The van der Waals surface area contributed by atoms with Crippen LogP contribution in [0.5, 0.6) is 0 Å². The Morgan fingerprint density at radius 2 is 2.13 bits per heavy atom. The average Bonchev–Trinajstić information content (AvgIpc) is 2.94. The fourth-order valence-electron chi connectivity index (χ4n) is 3.19. The maximum Gasteiger partial charge on any atom is 0.242 e. The first kappa shape index (κ1) is 20.6. The first-order valence-electron chi connectivity index (χ1n) is 7.66. The summed E-state index contributed by atoms with van der Waals surface area (Å²) in [6, 6.07) is 0. The van der Waals surface area contributed by atoms with Crippen molar-refractivity contribution in [2.24, 2.45) is 5.73 Å². The van der Waals surface area contributed by atoms with E-state index in [-0.39, 0.29) is 30.7 Å². The van der Waals surface area contributed by atoms with Crippen molar-refractivity contribution in [3.8, 4) is 0 Å². The summed E-state index contributed by atoms with van der Waals surface area (Å²) >= 11 is 1.70. The summed E-state index contributed by atoms with van der Waals surface area (Å²) in [5.41, 5.74) is 6.68. The van der Waals surface area contributed by atoms with Crippen molar-refractivity contribution in [1.82, 2.24) is 9.88 Å². The van der Waals surface area contributed by atoms with E-state index in [0.29, 0.717) is 32.0 Å². The lowest BCUT2D eigenvalue weighted by Gasteiger charge is -2.40. The number of carbonyl (C=O) groups is 1. The number of aromatic nitrogens is 1. The molecule has 0 aliphatic carbocycles. The number of nitrogens with two attached hydrogens (primary N) is 1. The number of piperidine rings is 1. The van der Waals surface area contributed by atoms with Gasteiger partial charge in [-0.25, -0.2) is 4.98 Å². The van der Waals surface area contributed by atoms with Crippen molar-refractivity contribution in [3.05, 3.63) is 16.1 Å². The van der Waals surface area contributed by atoms with Crippen LogP contribution in [-0.2, 0) is 9.53 Å². The molecule has 1 amide bonds. The zero-order valence-electron chi connectivity index (χ0n) is 13.3. The van der Waals surface area contributed by atoms with Crippen molar-refractivity contribution in [2.75, 3.05) is 26.3 Å². The molecule has 1 aromatic heterocycles. The number of likely N-dealkylation sites (tertiary alicyclic amines) is 1. The molecule has 0 bridgehead atoms. The number of aryl methyl sites for hydroxylation is 1. The number of carbonyl (C=O) groups excluding carboxylic acids is 1. The molecule has 0 radical (unpaired) electrons. The Bertz CT molecular complexity index is 521. The number of halogens is 2. The van der Waals surface area contributed by atoms with Gasteiger partial charge in [-0.2, -0.15) is 0 Å². The van der Waals surface area contributed by atoms with Crippen LogP contribution in [0.3, 0.4) is 0 Å². The van der Waals surface area contributed by atoms with Crippen LogP contribution in [0.1, 0.15) is 42.3 Å². The molecule has 1 unspecified atom stereocenters. The Kier molecular flexibility index (Phi) is 7.74. The molecule has 0 saturated carbocycles. The van der Waals surface area contributed by atoms with Crippen LogP contribution >= 0.6 is 36.2 Å². The second-order valence-electron chi connectivity index (χ2n) is 6.19. The number of amides is 1. The van der Waals surface area contributed by atoms with Gasteiger partial charge >= 0.3 is 0 Å². The molecular formula is C15H25Cl2N3O2S. The normalized spacial score (nSPS) is 23.6. The second-order valence-corrected chi connectivity index (χ2v) is 7.08. The van der Waals surface area contributed by atoms with Gasteiger partial charge in [0, 0.05) is 43.3 Å². The van der Waals surface area contributed by atoms with Gasteiger partial charge in [0.25, 0.3) is 0 Å². The summed E-state index contributed by atoms with van der Waals surface area (Å²) < 4.78 is 5.34. The highest BCUT2D eigenvalue weighted by Gasteiger charge is 2.40. The van der Waals surface area contributed by atoms with E-state index in [9.17, 15) is 4.79 Å². The molecule has 23 heavy (non-hydrogen) atoms. The fourth-order valence-corrected chi connectivity index (χ4v) is 4.11. The molecule has 2 aliphatic heterocycles. The van der Waals surface area contributed by atoms with Gasteiger partial charge in [-0.3, -0.25) is 4.79 Å². The average molecular weight is 382 g/mol. The maximum absolute atomic E-state index is 12.8. The molecular weight excluding hydrogens is 357 g/mol. The van der Waals surface area contributed by atoms with E-state index < -0.39 is 5.54 Å². The van der Waals surface area contributed by atoms with Crippen LogP contribution in [0.15, 0.2) is 5.38 Å². The lowest BCUT2D eigenvalue weighted by atomic mass is 9.88. The Morgan fingerprint density at radius 3 is 2.74 bits per heavy atom. The molecule has 0 aromatic carbocycles. The lowest BCUT2D eigenvalue weighted by Crippen LogP contribution is -2.59. The van der Waals surface area contributed by atoms with Crippen LogP contribution in [0.4, 0.5) is 0 Å². The molecule has 2 saturated heterocycles. The van der Waals surface area contributed by atoms with Gasteiger partial charge < -0.3 is 15.4 Å². The fraction of sp³-hybridized carbons (Fsp3) is 0.733. The zero-order chi connectivity index (χ0) is 14.9. The van der Waals surface area contributed by atoms with Crippen molar-refractivity contribution < 1.29 is 9.53 Å². The standard InChI is InChI=1S/C15H23N3O2S.2ClH/c1-11-10-21-13(17-11)12-3-2-6-18(9-12)14(19)15(16)4-7-20-8-5-15;;/h10,12H,2-9,16H2,1H3;2*1H. The zero-order valence-corrected chi connectivity index (χ0v) is 15.8. The summed E-state index contributed by atoms with van der Waals surface area (Å²) in [5.74, 6) is 0.466. The van der Waals surface area contributed by atoms with E-state index >= 15 is 0 Å². The molecule has 2 N–H and O–H groups in total. The molecule has 132 valence electrons. The van der Waals surface area contributed by atoms with Crippen molar-refractivity contribution in [1.29, 1.82) is 0 Å². The van der Waals surface area contributed by atoms with E-state index in [4.69, 9.17) is 10.5 Å². The van der Waals surface area contributed by atoms with Gasteiger partial charge in [-0.05, 0) is 32.6 Å². The number of hydrogen-bond donors (Lipinski definition) is 1. The van der Waals surface area contributed by atoms with Crippen LogP contribution in [0.2, 0.25) is 0 Å². The molecule has 1 aromatic rings. The number of hydrogen-bond acceptors (Lipinski definition) is 5. The second kappa shape index (κ2) is 8.62. The topological polar surface area (TPSA) is 68.5 Å². The van der Waals surface area contributed by atoms with Gasteiger partial charge in [0.1, 0.15) is 0 Å². The maximum atomic E-state index is 12.8. The minimum Gasteiger partial charge on any atom is -0.381 e. The molecule has 8 heteroatoms. The summed E-state index contributed by atoms with van der Waals surface area (Å²) in [7, 11) is 0. The highest BCUT2D eigenvalue weighted by atomic mass is 35.5. The van der Waals surface area contributed by atoms with Crippen molar-refractivity contribution in [2.45, 2.75) is 44.1 Å². The van der Waals surface area contributed by atoms with Crippen LogP contribution in [0, 0.1) is 6.92 Å². The largest absolute Gasteiger partial charge is 0.381 e. The third-order valence-electron chi connectivity index (χ3n) is 4.51. The molecule has 5 nitrogen and oxygen atoms in total. The predicted molar refractivity (Wildman–Crippen MR) is 96.9 cm³/mol. The van der Waals surface area contributed by atoms with Gasteiger partial charge in [-0.15, -0.1) is 36.2 Å². The SMILES string of the molecule is Cc1csc(C2CCCN(C(=O)C3(N)CCOCC3)C2)n1.Cl.Cl. The summed E-state index contributed by atoms with van der Waals surface area (Å²) in [4.78, 5) is 19.3. The van der Waals surface area contributed by atoms with E-state index in [1.807, 2.05) is 11.8 Å². The number of nitrogens with zero attached hydrogens (tertiary/aromatic N) is 2. The molecule has 3 rings (SSSR count). The van der Waals surface area contributed by atoms with Gasteiger partial charge in [0.15, 0.2) is 0 Å². The third-order valence-corrected chi connectivity index (χ3v) is 5.63. The van der Waals surface area contributed by atoms with Crippen molar-refractivity contribution >= 4 is 42.1 Å². The lowest BCUT2D eigenvalue weighted by molar-refractivity contribution is -0.141. The van der Waals surface area contributed by atoms with Gasteiger partial charge in [0.05, 0.1) is 10.5 Å². The summed E-state index contributed by atoms with van der Waals surface area (Å²) in [6.07, 6.45) is 3.39. The van der Waals surface area contributed by atoms with Gasteiger partial charge in [0.2, 0.25) is 5.91 Å². The van der Waals surface area contributed by atoms with Gasteiger partial charge in [-0.1, -0.05) is 0 Å². The Hall–Kier alpha value is -0.400. The predicted octanol–water partition coefficient (Wildman–Crippen LogP) is 2.51. The number of ether oxygens (including phenoxy) is 1. The summed E-state index contributed by atoms with van der Waals surface area (Å²) in [6.45, 7) is 4.77. The van der Waals surface area contributed by atoms with E-state index in [2.05, 4.69) is 10.4 Å². The number of rotatable bonds is 2. The van der Waals surface area contributed by atoms with E-state index in [1.54, 1.807) is 11.3 Å². The van der Waals surface area contributed by atoms with E-state index in [1.165, 1.54) is 0 Å². The number of thiazole rings is 1. The third kappa shape index (κ3) is 4.57. The van der Waals surface area contributed by atoms with Crippen molar-refractivity contribution in [3.63, 3.8) is 0 Å². The first-order valence-corrected chi connectivity index (χ1v) is 8.54. The highest BCUT2D eigenvalue weighted by molar-refractivity contribution is 7.09. The molecule has 1 atom stereocenters. The molecule has 2 aliphatic rings. The Labute approximate surface area is 153 Å². The smallest absolute Gasteiger partial charge is 0.242 e. The van der Waals surface area contributed by atoms with Crippen LogP contribution in [0.25, 0.3) is 0 Å². The minimum atomic E-state index is -0.723. The van der Waals surface area contributed by atoms with Crippen LogP contribution < -0.4 is 5.73 Å². The van der Waals surface area contributed by atoms with E-state index in [0.717, 1.165) is 36.6 Å². The Balaban J connectivity index is 0.00000132.